The molecule has 2 saturated heterocycles. The van der Waals surface area contributed by atoms with Gasteiger partial charge in [-0.2, -0.15) is 0 Å². The van der Waals surface area contributed by atoms with E-state index in [1.807, 2.05) is 11.0 Å². The van der Waals surface area contributed by atoms with Gasteiger partial charge in [0, 0.05) is 26.4 Å². The molecule has 0 unspecified atom stereocenters. The fourth-order valence-electron chi connectivity index (χ4n) is 4.74. The molecule has 154 valence electrons. The van der Waals surface area contributed by atoms with Crippen molar-refractivity contribution in [1.82, 2.24) is 9.80 Å². The first-order chi connectivity index (χ1) is 13.5. The third kappa shape index (κ3) is 4.86. The van der Waals surface area contributed by atoms with Gasteiger partial charge in [0.2, 0.25) is 11.8 Å². The van der Waals surface area contributed by atoms with Gasteiger partial charge in [-0.05, 0) is 51.2 Å². The second kappa shape index (κ2) is 9.44. The first-order valence-corrected chi connectivity index (χ1v) is 10.7. The van der Waals surface area contributed by atoms with E-state index in [9.17, 15) is 9.59 Å². The summed E-state index contributed by atoms with van der Waals surface area (Å²) < 4.78 is 5.89. The molecule has 5 nitrogen and oxygen atoms in total. The van der Waals surface area contributed by atoms with Crippen molar-refractivity contribution in [2.75, 3.05) is 19.7 Å². The van der Waals surface area contributed by atoms with Crippen molar-refractivity contribution >= 4 is 11.8 Å². The van der Waals surface area contributed by atoms with Gasteiger partial charge in [-0.25, -0.2) is 0 Å². The van der Waals surface area contributed by atoms with E-state index in [2.05, 4.69) is 30.9 Å². The van der Waals surface area contributed by atoms with Crippen LogP contribution < -0.4 is 4.74 Å². The average molecular weight is 387 g/mol. The largest absolute Gasteiger partial charge is 0.493 e. The van der Waals surface area contributed by atoms with Gasteiger partial charge >= 0.3 is 0 Å². The summed E-state index contributed by atoms with van der Waals surface area (Å²) >= 11 is 0. The zero-order valence-electron chi connectivity index (χ0n) is 17.6. The van der Waals surface area contributed by atoms with Crippen molar-refractivity contribution in [1.29, 1.82) is 0 Å². The third-order valence-electron chi connectivity index (χ3n) is 6.16. The second-order valence-electron chi connectivity index (χ2n) is 8.29. The molecule has 0 bridgehead atoms. The van der Waals surface area contributed by atoms with Crippen molar-refractivity contribution in [3.8, 4) is 5.75 Å². The summed E-state index contributed by atoms with van der Waals surface area (Å²) in [4.78, 5) is 29.0. The molecule has 1 aromatic carbocycles. The predicted molar refractivity (Wildman–Crippen MR) is 110 cm³/mol. The third-order valence-corrected chi connectivity index (χ3v) is 6.16. The fraction of sp³-hybridized carbons (Fsp3) is 0.652. The number of hydrogen-bond acceptors (Lipinski definition) is 3. The Kier molecular flexibility index (Phi) is 6.97. The van der Waals surface area contributed by atoms with Crippen LogP contribution in [0.15, 0.2) is 18.2 Å². The quantitative estimate of drug-likeness (QED) is 0.722. The number of benzene rings is 1. The van der Waals surface area contributed by atoms with Gasteiger partial charge in [0.25, 0.3) is 0 Å². The lowest BCUT2D eigenvalue weighted by atomic mass is 9.96. The normalized spacial score (nSPS) is 22.4. The highest BCUT2D eigenvalue weighted by Crippen LogP contribution is 2.30. The van der Waals surface area contributed by atoms with Gasteiger partial charge in [-0.15, -0.1) is 0 Å². The zero-order chi connectivity index (χ0) is 20.1. The molecule has 0 radical (unpaired) electrons. The fourth-order valence-corrected chi connectivity index (χ4v) is 4.74. The van der Waals surface area contributed by atoms with Crippen molar-refractivity contribution in [2.45, 2.75) is 77.8 Å². The number of amides is 2. The van der Waals surface area contributed by atoms with Gasteiger partial charge in [0.15, 0.2) is 0 Å². The minimum absolute atomic E-state index is 0.141. The van der Waals surface area contributed by atoms with Crippen LogP contribution in [0.5, 0.6) is 5.75 Å². The summed E-state index contributed by atoms with van der Waals surface area (Å²) in [6, 6.07) is 6.56. The standard InChI is InChI=1S/C23H34N2O3/c1-17-10-11-22(18(2)16-17)28-15-7-9-23(27)25-13-6-4-5-8-20-21(25)12-14-24(20)19(3)26/h10-11,16,20-21H,4-9,12-15H2,1-3H3/t20-,21+/m1/s1. The van der Waals surface area contributed by atoms with E-state index in [1.165, 1.54) is 5.56 Å². The highest BCUT2D eigenvalue weighted by Gasteiger charge is 2.40. The number of rotatable bonds is 5. The number of nitrogens with zero attached hydrogens (tertiary/aromatic N) is 2. The number of hydrogen-bond donors (Lipinski definition) is 0. The van der Waals surface area contributed by atoms with Gasteiger partial charge < -0.3 is 14.5 Å². The highest BCUT2D eigenvalue weighted by atomic mass is 16.5. The molecule has 2 aliphatic rings. The average Bonchev–Trinajstić information content (AvgIpc) is 3.03. The van der Waals surface area contributed by atoms with Crippen LogP contribution in [-0.4, -0.2) is 53.4 Å². The molecule has 0 N–H and O–H groups in total. The van der Waals surface area contributed by atoms with Crippen molar-refractivity contribution in [3.63, 3.8) is 0 Å². The number of fused-ring (bicyclic) bond motifs is 1. The van der Waals surface area contributed by atoms with Gasteiger partial charge in [-0.3, -0.25) is 9.59 Å². The Hall–Kier alpha value is -2.04. The molecule has 0 spiro atoms. The number of aryl methyl sites for hydroxylation is 2. The van der Waals surface area contributed by atoms with E-state index in [-0.39, 0.29) is 23.9 Å². The Morgan fingerprint density at radius 1 is 1.04 bits per heavy atom. The maximum Gasteiger partial charge on any atom is 0.223 e. The monoisotopic (exact) mass is 386 g/mol. The molecule has 2 fully saturated rings. The van der Waals surface area contributed by atoms with Crippen LogP contribution in [0.25, 0.3) is 0 Å². The van der Waals surface area contributed by atoms with Crippen molar-refractivity contribution in [3.05, 3.63) is 29.3 Å². The van der Waals surface area contributed by atoms with E-state index in [0.717, 1.165) is 62.9 Å². The van der Waals surface area contributed by atoms with Crippen LogP contribution in [0.1, 0.15) is 63.0 Å². The minimum atomic E-state index is 0.141. The molecule has 5 heteroatoms. The summed E-state index contributed by atoms with van der Waals surface area (Å²) in [5.74, 6) is 1.26. The molecule has 3 rings (SSSR count). The van der Waals surface area contributed by atoms with Crippen LogP contribution in [-0.2, 0) is 9.59 Å². The Balaban J connectivity index is 1.54. The molecule has 2 aliphatic heterocycles. The second-order valence-corrected chi connectivity index (χ2v) is 8.29. The van der Waals surface area contributed by atoms with Crippen LogP contribution in [0.2, 0.25) is 0 Å². The first-order valence-electron chi connectivity index (χ1n) is 10.7. The smallest absolute Gasteiger partial charge is 0.223 e. The van der Waals surface area contributed by atoms with Gasteiger partial charge in [0.05, 0.1) is 18.7 Å². The Morgan fingerprint density at radius 2 is 1.82 bits per heavy atom. The Morgan fingerprint density at radius 3 is 2.57 bits per heavy atom. The van der Waals surface area contributed by atoms with E-state index in [0.29, 0.717) is 13.0 Å². The molecule has 1 aromatic rings. The van der Waals surface area contributed by atoms with Gasteiger partial charge in [-0.1, -0.05) is 30.5 Å². The molecular weight excluding hydrogens is 352 g/mol. The van der Waals surface area contributed by atoms with Crippen molar-refractivity contribution in [2.24, 2.45) is 0 Å². The lowest BCUT2D eigenvalue weighted by Crippen LogP contribution is -2.50. The maximum atomic E-state index is 13.0. The molecule has 2 heterocycles. The molecule has 28 heavy (non-hydrogen) atoms. The Bertz CT molecular complexity index is 703. The highest BCUT2D eigenvalue weighted by molar-refractivity contribution is 5.77. The number of likely N-dealkylation sites (tertiary alicyclic amines) is 2. The van der Waals surface area contributed by atoms with Crippen LogP contribution in [0.3, 0.4) is 0 Å². The predicted octanol–water partition coefficient (Wildman–Crippen LogP) is 3.85. The van der Waals surface area contributed by atoms with E-state index >= 15 is 0 Å². The molecule has 0 saturated carbocycles. The first kappa shape index (κ1) is 20.7. The minimum Gasteiger partial charge on any atom is -0.493 e. The Labute approximate surface area is 169 Å². The number of carbonyl (C=O) groups excluding carboxylic acids is 2. The lowest BCUT2D eigenvalue weighted by molar-refractivity contribution is -0.137. The summed E-state index contributed by atoms with van der Waals surface area (Å²) in [7, 11) is 0. The van der Waals surface area contributed by atoms with Crippen LogP contribution >= 0.6 is 0 Å². The van der Waals surface area contributed by atoms with E-state index in [1.54, 1.807) is 6.92 Å². The molecule has 0 aliphatic carbocycles. The summed E-state index contributed by atoms with van der Waals surface area (Å²) in [5, 5.41) is 0. The van der Waals surface area contributed by atoms with Crippen molar-refractivity contribution < 1.29 is 14.3 Å². The molecule has 2 amide bonds. The van der Waals surface area contributed by atoms with Gasteiger partial charge in [0.1, 0.15) is 5.75 Å². The molecule has 0 aromatic heterocycles. The van der Waals surface area contributed by atoms with Crippen LogP contribution in [0, 0.1) is 13.8 Å². The summed E-state index contributed by atoms with van der Waals surface area (Å²) in [6.45, 7) is 7.93. The molecular formula is C23H34N2O3. The SMILES string of the molecule is CC(=O)N1CC[C@H]2[C@H]1CCCCCN2C(=O)CCCOc1ccc(C)cc1C. The van der Waals surface area contributed by atoms with Crippen LogP contribution in [0.4, 0.5) is 0 Å². The zero-order valence-corrected chi connectivity index (χ0v) is 17.6. The molecule has 2 atom stereocenters. The summed E-state index contributed by atoms with van der Waals surface area (Å²) in [6.07, 6.45) is 6.50. The number of ether oxygens (including phenoxy) is 1. The topological polar surface area (TPSA) is 49.9 Å². The van der Waals surface area contributed by atoms with E-state index < -0.39 is 0 Å². The number of carbonyl (C=O) groups is 2. The summed E-state index contributed by atoms with van der Waals surface area (Å²) in [5.41, 5.74) is 2.36. The maximum absolute atomic E-state index is 13.0. The lowest BCUT2D eigenvalue weighted by Gasteiger charge is -2.37. The van der Waals surface area contributed by atoms with E-state index in [4.69, 9.17) is 4.74 Å².